The zero-order valence-electron chi connectivity index (χ0n) is 10.6. The third-order valence-electron chi connectivity index (χ3n) is 2.42. The third kappa shape index (κ3) is 2.46. The summed E-state index contributed by atoms with van der Waals surface area (Å²) in [4.78, 5) is 19.3. The van der Waals surface area contributed by atoms with Gasteiger partial charge in [0.25, 0.3) is 5.91 Å². The molecule has 0 unspecified atom stereocenters. The van der Waals surface area contributed by atoms with E-state index in [1.54, 1.807) is 0 Å². The molecule has 2 aromatic rings. The van der Waals surface area contributed by atoms with E-state index in [-0.39, 0.29) is 0 Å². The van der Waals surface area contributed by atoms with Gasteiger partial charge >= 0.3 is 0 Å². The van der Waals surface area contributed by atoms with Gasteiger partial charge in [-0.1, -0.05) is 0 Å². The first-order valence-electron chi connectivity index (χ1n) is 5.65. The number of nitrogens with zero attached hydrogens (tertiary/aromatic N) is 4. The lowest BCUT2D eigenvalue weighted by atomic mass is 10.3. The van der Waals surface area contributed by atoms with Gasteiger partial charge in [0.1, 0.15) is 6.33 Å². The molecule has 0 fully saturated rings. The average molecular weight is 262 g/mol. The maximum atomic E-state index is 11.1. The predicted molar refractivity (Wildman–Crippen MR) is 68.4 cm³/mol. The van der Waals surface area contributed by atoms with E-state index in [1.807, 2.05) is 6.92 Å². The normalized spacial score (nSPS) is 10.2. The van der Waals surface area contributed by atoms with Crippen LogP contribution in [-0.4, -0.2) is 39.3 Å². The first-order valence-corrected chi connectivity index (χ1v) is 5.65. The minimum absolute atomic E-state index is 0.297. The molecule has 0 aliphatic heterocycles. The van der Waals surface area contributed by atoms with Gasteiger partial charge < -0.3 is 15.8 Å². The van der Waals surface area contributed by atoms with Crippen molar-refractivity contribution in [1.29, 1.82) is 0 Å². The highest BCUT2D eigenvalue weighted by molar-refractivity contribution is 5.92. The van der Waals surface area contributed by atoms with E-state index in [0.717, 1.165) is 0 Å². The lowest BCUT2D eigenvalue weighted by molar-refractivity contribution is 0.100. The van der Waals surface area contributed by atoms with E-state index < -0.39 is 5.91 Å². The Balaban J connectivity index is 2.48. The molecule has 0 bridgehead atoms. The number of hydrogen-bond acceptors (Lipinski definition) is 6. The van der Waals surface area contributed by atoms with Crippen molar-refractivity contribution >= 4 is 11.7 Å². The number of carbonyl (C=O) groups is 1. The second-order valence-corrected chi connectivity index (χ2v) is 3.65. The Morgan fingerprint density at radius 3 is 2.89 bits per heavy atom. The number of nitrogens with two attached hydrogens (primary N) is 1. The molecule has 2 aromatic heterocycles. The number of nitrogens with one attached hydrogen (secondary N) is 1. The van der Waals surface area contributed by atoms with E-state index in [1.165, 1.54) is 30.5 Å². The standard InChI is InChI=1S/C11H14N6O2/c1-3-13-10-8(19-2)11(15-6-14-10)17-5-7(4-16-17)9(12)18/h4-6H,3H2,1-2H3,(H2,12,18)(H,13,14,15). The fraction of sp³-hybridized carbons (Fsp3) is 0.273. The molecule has 1 amide bonds. The summed E-state index contributed by atoms with van der Waals surface area (Å²) in [5.41, 5.74) is 5.48. The highest BCUT2D eigenvalue weighted by atomic mass is 16.5. The molecule has 8 heteroatoms. The van der Waals surface area contributed by atoms with Gasteiger partial charge in [0.2, 0.25) is 11.6 Å². The maximum absolute atomic E-state index is 11.1. The molecule has 8 nitrogen and oxygen atoms in total. The van der Waals surface area contributed by atoms with Gasteiger partial charge in [0.05, 0.1) is 18.9 Å². The van der Waals surface area contributed by atoms with Crippen molar-refractivity contribution in [3.05, 3.63) is 24.3 Å². The third-order valence-corrected chi connectivity index (χ3v) is 2.42. The molecular formula is C11H14N6O2. The molecule has 2 heterocycles. The van der Waals surface area contributed by atoms with Crippen LogP contribution in [0.25, 0.3) is 5.82 Å². The van der Waals surface area contributed by atoms with Crippen molar-refractivity contribution in [2.75, 3.05) is 19.0 Å². The molecule has 0 saturated carbocycles. The number of anilines is 1. The van der Waals surface area contributed by atoms with Crippen LogP contribution >= 0.6 is 0 Å². The second-order valence-electron chi connectivity index (χ2n) is 3.65. The van der Waals surface area contributed by atoms with Gasteiger partial charge in [-0.05, 0) is 6.92 Å². The van der Waals surface area contributed by atoms with Gasteiger partial charge in [-0.25, -0.2) is 14.6 Å². The Morgan fingerprint density at radius 2 is 2.32 bits per heavy atom. The Morgan fingerprint density at radius 1 is 1.53 bits per heavy atom. The van der Waals surface area contributed by atoms with Crippen LogP contribution in [0, 0.1) is 0 Å². The number of ether oxygens (including phenoxy) is 1. The SMILES string of the molecule is CCNc1ncnc(-n2cc(C(N)=O)cn2)c1OC. The lowest BCUT2D eigenvalue weighted by Crippen LogP contribution is -2.10. The molecule has 0 radical (unpaired) electrons. The largest absolute Gasteiger partial charge is 0.490 e. The van der Waals surface area contributed by atoms with Crippen molar-refractivity contribution in [2.24, 2.45) is 5.73 Å². The number of carbonyl (C=O) groups excluding carboxylic acids is 1. The summed E-state index contributed by atoms with van der Waals surface area (Å²) in [7, 11) is 1.52. The lowest BCUT2D eigenvalue weighted by Gasteiger charge is -2.11. The molecule has 0 atom stereocenters. The summed E-state index contributed by atoms with van der Waals surface area (Å²) in [6.07, 6.45) is 4.25. The Kier molecular flexibility index (Phi) is 3.60. The smallest absolute Gasteiger partial charge is 0.251 e. The van der Waals surface area contributed by atoms with Crippen molar-refractivity contribution in [1.82, 2.24) is 19.7 Å². The van der Waals surface area contributed by atoms with Crippen molar-refractivity contribution in [3.63, 3.8) is 0 Å². The van der Waals surface area contributed by atoms with Crippen molar-refractivity contribution < 1.29 is 9.53 Å². The van der Waals surface area contributed by atoms with Crippen LogP contribution in [0.1, 0.15) is 17.3 Å². The number of amides is 1. The van der Waals surface area contributed by atoms with Gasteiger partial charge in [-0.2, -0.15) is 5.10 Å². The van der Waals surface area contributed by atoms with E-state index in [2.05, 4.69) is 20.4 Å². The second kappa shape index (κ2) is 5.34. The van der Waals surface area contributed by atoms with Gasteiger partial charge in [0.15, 0.2) is 5.82 Å². The summed E-state index contributed by atoms with van der Waals surface area (Å²) in [5, 5.41) is 7.09. The molecule has 0 saturated heterocycles. The highest BCUT2D eigenvalue weighted by Crippen LogP contribution is 2.27. The number of methoxy groups -OCH3 is 1. The molecule has 0 aromatic carbocycles. The zero-order chi connectivity index (χ0) is 13.8. The molecule has 100 valence electrons. The van der Waals surface area contributed by atoms with Crippen LogP contribution in [-0.2, 0) is 0 Å². The van der Waals surface area contributed by atoms with Crippen LogP contribution in [0.4, 0.5) is 5.82 Å². The molecule has 19 heavy (non-hydrogen) atoms. The first-order chi connectivity index (χ1) is 9.17. The van der Waals surface area contributed by atoms with Gasteiger partial charge in [0, 0.05) is 12.7 Å². The van der Waals surface area contributed by atoms with Crippen LogP contribution in [0.2, 0.25) is 0 Å². The predicted octanol–water partition coefficient (Wildman–Crippen LogP) is 0.202. The van der Waals surface area contributed by atoms with Crippen LogP contribution in [0.3, 0.4) is 0 Å². The fourth-order valence-corrected chi connectivity index (χ4v) is 1.57. The molecular weight excluding hydrogens is 248 g/mol. The van der Waals surface area contributed by atoms with Crippen molar-refractivity contribution in [3.8, 4) is 11.6 Å². The van der Waals surface area contributed by atoms with Crippen LogP contribution in [0.5, 0.6) is 5.75 Å². The van der Waals surface area contributed by atoms with Crippen LogP contribution < -0.4 is 15.8 Å². The minimum Gasteiger partial charge on any atom is -0.490 e. The summed E-state index contributed by atoms with van der Waals surface area (Å²) >= 11 is 0. The first kappa shape index (κ1) is 12.8. The monoisotopic (exact) mass is 262 g/mol. The number of primary amides is 1. The maximum Gasteiger partial charge on any atom is 0.251 e. The van der Waals surface area contributed by atoms with Gasteiger partial charge in [-0.15, -0.1) is 0 Å². The fourth-order valence-electron chi connectivity index (χ4n) is 1.57. The average Bonchev–Trinajstić information content (AvgIpc) is 2.88. The molecule has 0 aliphatic carbocycles. The van der Waals surface area contributed by atoms with E-state index in [0.29, 0.717) is 29.5 Å². The molecule has 0 aliphatic rings. The van der Waals surface area contributed by atoms with Crippen LogP contribution in [0.15, 0.2) is 18.7 Å². The van der Waals surface area contributed by atoms with Crippen molar-refractivity contribution in [2.45, 2.75) is 6.92 Å². The summed E-state index contributed by atoms with van der Waals surface area (Å²) in [5.74, 6) is 0.890. The van der Waals surface area contributed by atoms with Gasteiger partial charge in [-0.3, -0.25) is 4.79 Å². The Labute approximate surface area is 109 Å². The molecule has 2 rings (SSSR count). The summed E-state index contributed by atoms with van der Waals surface area (Å²) in [6, 6.07) is 0. The van der Waals surface area contributed by atoms with E-state index in [9.17, 15) is 4.79 Å². The number of aromatic nitrogens is 4. The number of rotatable bonds is 5. The molecule has 0 spiro atoms. The molecule has 3 N–H and O–H groups in total. The minimum atomic E-state index is -0.550. The quantitative estimate of drug-likeness (QED) is 0.797. The topological polar surface area (TPSA) is 108 Å². The Bertz CT molecular complexity index is 595. The van der Waals surface area contributed by atoms with E-state index >= 15 is 0 Å². The summed E-state index contributed by atoms with van der Waals surface area (Å²) < 4.78 is 6.71. The van der Waals surface area contributed by atoms with E-state index in [4.69, 9.17) is 10.5 Å². The zero-order valence-corrected chi connectivity index (χ0v) is 10.6. The number of hydrogen-bond donors (Lipinski definition) is 2. The summed E-state index contributed by atoms with van der Waals surface area (Å²) in [6.45, 7) is 2.64. The Hall–Kier alpha value is -2.64. The highest BCUT2D eigenvalue weighted by Gasteiger charge is 2.15.